The van der Waals surface area contributed by atoms with Gasteiger partial charge in [0.05, 0.1) is 6.61 Å². The van der Waals surface area contributed by atoms with Gasteiger partial charge in [-0.05, 0) is 5.92 Å². The van der Waals surface area contributed by atoms with E-state index in [0.29, 0.717) is 0 Å². The molecule has 1 nitrogen and oxygen atoms in total. The fraction of sp³-hybridized carbons (Fsp3) is 1.00. The van der Waals surface area contributed by atoms with Gasteiger partial charge in [-0.3, -0.25) is 0 Å². The van der Waals surface area contributed by atoms with Crippen LogP contribution in [0.2, 0.25) is 0 Å². The van der Waals surface area contributed by atoms with Gasteiger partial charge in [0.25, 0.3) is 0 Å². The van der Waals surface area contributed by atoms with E-state index in [4.69, 9.17) is 0 Å². The van der Waals surface area contributed by atoms with E-state index in [1.807, 2.05) is 27.7 Å². The van der Waals surface area contributed by atoms with Gasteiger partial charge in [0.15, 0.2) is 0 Å². The van der Waals surface area contributed by atoms with Gasteiger partial charge >= 0.3 is 0 Å². The maximum atomic E-state index is 12.4. The molecule has 0 N–H and O–H groups in total. The first-order valence-electron chi connectivity index (χ1n) is 3.81. The molecular weight excluding hydrogens is 131 g/mol. The minimum Gasteiger partial charge on any atom is -0.382 e. The van der Waals surface area contributed by atoms with Crippen LogP contribution in [0.3, 0.4) is 0 Å². The molecule has 1 atom stereocenters. The number of hydrogen-bond donors (Lipinski definition) is 0. The predicted molar refractivity (Wildman–Crippen MR) is 43.0 cm³/mol. The zero-order valence-electron chi connectivity index (χ0n) is 7.65. The van der Waals surface area contributed by atoms with E-state index in [2.05, 4.69) is 4.74 Å². The van der Waals surface area contributed by atoms with Gasteiger partial charge in [0.1, 0.15) is 6.17 Å². The van der Waals surface area contributed by atoms with Gasteiger partial charge < -0.3 is 4.74 Å². The molecule has 1 unspecified atom stereocenters. The van der Waals surface area contributed by atoms with E-state index in [1.54, 1.807) is 0 Å². The Hall–Kier alpha value is -0.110. The molecule has 0 fully saturated rings. The molecule has 0 saturated carbocycles. The van der Waals surface area contributed by atoms with Crippen LogP contribution in [-0.2, 0) is 4.74 Å². The molecule has 0 rings (SSSR count). The Morgan fingerprint density at radius 1 is 1.30 bits per heavy atom. The SMILES string of the molecule is CC.COCC(F)C(C)C. The second-order valence-corrected chi connectivity index (χ2v) is 2.22. The first kappa shape index (κ1) is 12.6. The lowest BCUT2D eigenvalue weighted by Gasteiger charge is -2.08. The van der Waals surface area contributed by atoms with Crippen LogP contribution in [0.15, 0.2) is 0 Å². The standard InChI is InChI=1S/C6H13FO.C2H6/c1-5(2)6(7)4-8-3;1-2/h5-6H,4H2,1-3H3;1-2H3. The summed E-state index contributed by atoms with van der Waals surface area (Å²) in [6.45, 7) is 7.89. The fourth-order valence-electron chi connectivity index (χ4n) is 0.352. The molecule has 0 radical (unpaired) electrons. The lowest BCUT2D eigenvalue weighted by Crippen LogP contribution is -2.15. The lowest BCUT2D eigenvalue weighted by molar-refractivity contribution is 0.0978. The third-order valence-electron chi connectivity index (χ3n) is 1.05. The molecule has 0 aliphatic heterocycles. The minimum atomic E-state index is -0.806. The number of rotatable bonds is 3. The zero-order valence-corrected chi connectivity index (χ0v) is 7.65. The summed E-state index contributed by atoms with van der Waals surface area (Å²) in [6.07, 6.45) is -0.806. The Kier molecular flexibility index (Phi) is 11.2. The summed E-state index contributed by atoms with van der Waals surface area (Å²) in [5.74, 6) is 0.0787. The highest BCUT2D eigenvalue weighted by molar-refractivity contribution is 4.57. The first-order chi connectivity index (χ1) is 4.68. The summed E-state index contributed by atoms with van der Waals surface area (Å²) in [4.78, 5) is 0. The summed E-state index contributed by atoms with van der Waals surface area (Å²) in [7, 11) is 1.51. The number of methoxy groups -OCH3 is 1. The highest BCUT2D eigenvalue weighted by atomic mass is 19.1. The molecule has 0 aromatic rings. The monoisotopic (exact) mass is 150 g/mol. The molecule has 64 valence electrons. The molecule has 0 aliphatic rings. The molecule has 2 heteroatoms. The van der Waals surface area contributed by atoms with Crippen molar-refractivity contribution in [2.75, 3.05) is 13.7 Å². The van der Waals surface area contributed by atoms with Crippen molar-refractivity contribution in [3.8, 4) is 0 Å². The molecule has 0 aliphatic carbocycles. The van der Waals surface area contributed by atoms with Gasteiger partial charge in [0.2, 0.25) is 0 Å². The highest BCUT2D eigenvalue weighted by Crippen LogP contribution is 2.04. The van der Waals surface area contributed by atoms with Crippen molar-refractivity contribution in [1.82, 2.24) is 0 Å². The maximum Gasteiger partial charge on any atom is 0.126 e. The van der Waals surface area contributed by atoms with Crippen LogP contribution in [0.5, 0.6) is 0 Å². The van der Waals surface area contributed by atoms with Gasteiger partial charge in [-0.1, -0.05) is 27.7 Å². The Labute approximate surface area is 63.6 Å². The van der Waals surface area contributed by atoms with Gasteiger partial charge in [-0.15, -0.1) is 0 Å². The third-order valence-corrected chi connectivity index (χ3v) is 1.05. The van der Waals surface area contributed by atoms with Gasteiger partial charge in [-0.25, -0.2) is 4.39 Å². The Balaban J connectivity index is 0. The van der Waals surface area contributed by atoms with Crippen LogP contribution in [0.25, 0.3) is 0 Å². The summed E-state index contributed by atoms with van der Waals surface area (Å²) in [5.41, 5.74) is 0. The smallest absolute Gasteiger partial charge is 0.126 e. The largest absolute Gasteiger partial charge is 0.382 e. The molecule has 0 saturated heterocycles. The topological polar surface area (TPSA) is 9.23 Å². The van der Waals surface area contributed by atoms with Crippen molar-refractivity contribution in [3.05, 3.63) is 0 Å². The van der Waals surface area contributed by atoms with Crippen LogP contribution in [0.4, 0.5) is 4.39 Å². The average molecular weight is 150 g/mol. The van der Waals surface area contributed by atoms with Gasteiger partial charge in [-0.2, -0.15) is 0 Å². The summed E-state index contributed by atoms with van der Waals surface area (Å²) >= 11 is 0. The van der Waals surface area contributed by atoms with Crippen LogP contribution >= 0.6 is 0 Å². The van der Waals surface area contributed by atoms with Crippen LogP contribution in [0, 0.1) is 5.92 Å². The van der Waals surface area contributed by atoms with Crippen LogP contribution in [-0.4, -0.2) is 19.9 Å². The molecule has 0 bridgehead atoms. The van der Waals surface area contributed by atoms with Crippen molar-refractivity contribution in [2.24, 2.45) is 5.92 Å². The Morgan fingerprint density at radius 3 is 1.80 bits per heavy atom. The van der Waals surface area contributed by atoms with Crippen molar-refractivity contribution >= 4 is 0 Å². The molecule has 0 aromatic carbocycles. The normalized spacial score (nSPS) is 12.3. The molecular formula is C8H19FO. The summed E-state index contributed by atoms with van der Waals surface area (Å²) in [6, 6.07) is 0. The predicted octanol–water partition coefficient (Wildman–Crippen LogP) is 2.65. The van der Waals surface area contributed by atoms with E-state index in [0.717, 1.165) is 0 Å². The Morgan fingerprint density at radius 2 is 1.70 bits per heavy atom. The fourth-order valence-corrected chi connectivity index (χ4v) is 0.352. The molecule has 0 heterocycles. The van der Waals surface area contributed by atoms with E-state index < -0.39 is 6.17 Å². The van der Waals surface area contributed by atoms with E-state index in [1.165, 1.54) is 7.11 Å². The number of ether oxygens (including phenoxy) is 1. The second-order valence-electron chi connectivity index (χ2n) is 2.22. The third kappa shape index (κ3) is 7.89. The van der Waals surface area contributed by atoms with Crippen molar-refractivity contribution in [3.63, 3.8) is 0 Å². The van der Waals surface area contributed by atoms with Crippen molar-refractivity contribution in [1.29, 1.82) is 0 Å². The van der Waals surface area contributed by atoms with E-state index >= 15 is 0 Å². The lowest BCUT2D eigenvalue weighted by atomic mass is 10.1. The van der Waals surface area contributed by atoms with Crippen LogP contribution in [0.1, 0.15) is 27.7 Å². The number of alkyl halides is 1. The molecule has 0 amide bonds. The summed E-state index contributed by atoms with van der Waals surface area (Å²) < 4.78 is 17.0. The van der Waals surface area contributed by atoms with E-state index in [9.17, 15) is 4.39 Å². The quantitative estimate of drug-likeness (QED) is 0.601. The van der Waals surface area contributed by atoms with Crippen molar-refractivity contribution in [2.45, 2.75) is 33.9 Å². The highest BCUT2D eigenvalue weighted by Gasteiger charge is 2.09. The summed E-state index contributed by atoms with van der Waals surface area (Å²) in [5, 5.41) is 0. The van der Waals surface area contributed by atoms with Crippen molar-refractivity contribution < 1.29 is 9.13 Å². The van der Waals surface area contributed by atoms with Crippen LogP contribution < -0.4 is 0 Å². The van der Waals surface area contributed by atoms with Gasteiger partial charge in [0, 0.05) is 7.11 Å². The van der Waals surface area contributed by atoms with E-state index in [-0.39, 0.29) is 12.5 Å². The maximum absolute atomic E-state index is 12.4. The molecule has 0 aromatic heterocycles. The zero-order chi connectivity index (χ0) is 8.57. The average Bonchev–Trinajstić information content (AvgIpc) is 1.93. The first-order valence-corrected chi connectivity index (χ1v) is 3.81. The Bertz CT molecular complexity index is 55.2. The number of halogens is 1. The molecule has 10 heavy (non-hydrogen) atoms. The number of hydrogen-bond acceptors (Lipinski definition) is 1. The molecule has 0 spiro atoms. The minimum absolute atomic E-state index is 0.0787. The second kappa shape index (κ2) is 8.89.